The number of rotatable bonds is 6. The molecule has 5 aromatic rings. The zero-order valence-corrected chi connectivity index (χ0v) is 19.1. The predicted octanol–water partition coefficient (Wildman–Crippen LogP) is 4.01. The Kier molecular flexibility index (Phi) is 5.47. The van der Waals surface area contributed by atoms with Gasteiger partial charge in [0.15, 0.2) is 11.3 Å². The summed E-state index contributed by atoms with van der Waals surface area (Å²) < 4.78 is 19.6. The van der Waals surface area contributed by atoms with E-state index >= 15 is 0 Å². The van der Waals surface area contributed by atoms with Crippen molar-refractivity contribution in [1.29, 1.82) is 0 Å². The molecule has 166 valence electrons. The highest BCUT2D eigenvalue weighted by molar-refractivity contribution is 9.10. The minimum Gasteiger partial charge on any atom is -0.318 e. The number of carbonyl (C=O) groups is 1. The lowest BCUT2D eigenvalue weighted by atomic mass is 10.2. The van der Waals surface area contributed by atoms with Gasteiger partial charge in [-0.15, -0.1) is 0 Å². The molecule has 0 atom stereocenters. The summed E-state index contributed by atoms with van der Waals surface area (Å²) in [6.07, 6.45) is 6.68. The van der Waals surface area contributed by atoms with Crippen molar-refractivity contribution in [2.24, 2.45) is 0 Å². The number of amides is 1. The SMILES string of the molecule is CCn1cc(Br)c(-c2ccnc3cc(C(=O)Nc4cnn(Cc5ccccc5F)c4)nn23)n1. The van der Waals surface area contributed by atoms with Crippen LogP contribution in [0.5, 0.6) is 0 Å². The molecule has 4 heterocycles. The molecule has 1 amide bonds. The minimum absolute atomic E-state index is 0.197. The van der Waals surface area contributed by atoms with Crippen LogP contribution in [-0.2, 0) is 13.1 Å². The van der Waals surface area contributed by atoms with Gasteiger partial charge < -0.3 is 5.32 Å². The van der Waals surface area contributed by atoms with Crippen LogP contribution in [0.25, 0.3) is 17.0 Å². The van der Waals surface area contributed by atoms with E-state index in [0.717, 1.165) is 11.0 Å². The second-order valence-corrected chi connectivity index (χ2v) is 8.14. The Morgan fingerprint density at radius 1 is 1.15 bits per heavy atom. The van der Waals surface area contributed by atoms with E-state index in [-0.39, 0.29) is 18.1 Å². The van der Waals surface area contributed by atoms with Crippen molar-refractivity contribution in [3.05, 3.63) is 82.7 Å². The van der Waals surface area contributed by atoms with Crippen LogP contribution in [0, 0.1) is 5.82 Å². The largest absolute Gasteiger partial charge is 0.318 e. The fourth-order valence-corrected chi connectivity index (χ4v) is 3.95. The summed E-state index contributed by atoms with van der Waals surface area (Å²) in [4.78, 5) is 17.1. The van der Waals surface area contributed by atoms with Gasteiger partial charge in [0.25, 0.3) is 5.91 Å². The topological polar surface area (TPSA) is 94.9 Å². The molecule has 33 heavy (non-hydrogen) atoms. The molecule has 0 saturated carbocycles. The number of fused-ring (bicyclic) bond motifs is 1. The van der Waals surface area contributed by atoms with Crippen molar-refractivity contribution in [2.45, 2.75) is 20.0 Å². The molecule has 0 aliphatic rings. The Bertz CT molecular complexity index is 1470. The highest BCUT2D eigenvalue weighted by atomic mass is 79.9. The second-order valence-electron chi connectivity index (χ2n) is 7.28. The Morgan fingerprint density at radius 3 is 2.79 bits per heavy atom. The summed E-state index contributed by atoms with van der Waals surface area (Å²) in [5.74, 6) is -0.711. The fourth-order valence-electron chi connectivity index (χ4n) is 3.43. The van der Waals surface area contributed by atoms with Crippen LogP contribution in [0.1, 0.15) is 23.0 Å². The van der Waals surface area contributed by atoms with Gasteiger partial charge in [0.05, 0.1) is 28.6 Å². The van der Waals surface area contributed by atoms with Gasteiger partial charge in [-0.05, 0) is 35.0 Å². The van der Waals surface area contributed by atoms with Crippen molar-refractivity contribution >= 4 is 33.2 Å². The molecular weight excluding hydrogens is 491 g/mol. The molecule has 1 N–H and O–H groups in total. The van der Waals surface area contributed by atoms with Crippen molar-refractivity contribution in [3.63, 3.8) is 0 Å². The average molecular weight is 509 g/mol. The molecule has 0 radical (unpaired) electrons. The van der Waals surface area contributed by atoms with E-state index in [1.807, 2.05) is 17.8 Å². The molecule has 11 heteroatoms. The Morgan fingerprint density at radius 2 is 2.00 bits per heavy atom. The molecule has 0 bridgehead atoms. The van der Waals surface area contributed by atoms with E-state index in [1.54, 1.807) is 51.9 Å². The van der Waals surface area contributed by atoms with Crippen LogP contribution >= 0.6 is 15.9 Å². The molecule has 0 fully saturated rings. The quantitative estimate of drug-likeness (QED) is 0.373. The molecule has 0 aliphatic carbocycles. The Labute approximate surface area is 196 Å². The highest BCUT2D eigenvalue weighted by Crippen LogP contribution is 2.27. The smallest absolute Gasteiger partial charge is 0.276 e. The zero-order chi connectivity index (χ0) is 22.9. The van der Waals surface area contributed by atoms with Crippen LogP contribution in [0.15, 0.2) is 65.7 Å². The second kappa shape index (κ2) is 8.58. The van der Waals surface area contributed by atoms with Crippen LogP contribution in [0.3, 0.4) is 0 Å². The zero-order valence-electron chi connectivity index (χ0n) is 17.5. The normalized spacial score (nSPS) is 11.2. The van der Waals surface area contributed by atoms with Crippen LogP contribution < -0.4 is 5.32 Å². The van der Waals surface area contributed by atoms with Crippen LogP contribution in [0.4, 0.5) is 10.1 Å². The molecule has 0 aliphatic heterocycles. The maximum absolute atomic E-state index is 13.9. The van der Waals surface area contributed by atoms with Gasteiger partial charge in [0.1, 0.15) is 11.5 Å². The van der Waals surface area contributed by atoms with Crippen molar-refractivity contribution < 1.29 is 9.18 Å². The molecule has 4 aromatic heterocycles. The van der Waals surface area contributed by atoms with E-state index < -0.39 is 5.91 Å². The minimum atomic E-state index is -0.407. The monoisotopic (exact) mass is 508 g/mol. The van der Waals surface area contributed by atoms with Crippen molar-refractivity contribution in [2.75, 3.05) is 5.32 Å². The van der Waals surface area contributed by atoms with Crippen LogP contribution in [0.2, 0.25) is 0 Å². The van der Waals surface area contributed by atoms with Gasteiger partial charge in [-0.3, -0.25) is 14.2 Å². The standard InChI is InChI=1S/C22H18BrFN8O/c1-2-30-13-16(23)21(29-30)19-7-8-25-20-9-18(28-32(19)20)22(33)27-15-10-26-31(12-15)11-14-5-3-4-6-17(14)24/h3-10,12-13H,2,11H2,1H3,(H,27,33). The lowest BCUT2D eigenvalue weighted by Gasteiger charge is -2.03. The first-order chi connectivity index (χ1) is 16.0. The summed E-state index contributed by atoms with van der Waals surface area (Å²) in [7, 11) is 0. The number of anilines is 1. The molecule has 0 unspecified atom stereocenters. The molecular formula is C22H18BrFN8O. The van der Waals surface area contributed by atoms with Gasteiger partial charge in [0, 0.05) is 36.8 Å². The van der Waals surface area contributed by atoms with E-state index in [9.17, 15) is 9.18 Å². The molecule has 0 saturated heterocycles. The number of hydrogen-bond acceptors (Lipinski definition) is 5. The molecule has 0 spiro atoms. The van der Waals surface area contributed by atoms with E-state index in [4.69, 9.17) is 0 Å². The highest BCUT2D eigenvalue weighted by Gasteiger charge is 2.18. The lowest BCUT2D eigenvalue weighted by molar-refractivity contribution is 0.102. The third kappa shape index (κ3) is 4.14. The summed E-state index contributed by atoms with van der Waals surface area (Å²) in [6, 6.07) is 9.89. The number of halogens is 2. The van der Waals surface area contributed by atoms with Crippen molar-refractivity contribution in [3.8, 4) is 11.4 Å². The maximum Gasteiger partial charge on any atom is 0.276 e. The van der Waals surface area contributed by atoms with E-state index in [2.05, 4.69) is 41.5 Å². The average Bonchev–Trinajstić information content (AvgIpc) is 3.53. The predicted molar refractivity (Wildman–Crippen MR) is 123 cm³/mol. The fraction of sp³-hybridized carbons (Fsp3) is 0.136. The Balaban J connectivity index is 1.38. The van der Waals surface area contributed by atoms with Gasteiger partial charge in [-0.25, -0.2) is 13.9 Å². The molecule has 1 aromatic carbocycles. The Hall–Kier alpha value is -3.86. The molecule has 9 nitrogen and oxygen atoms in total. The molecule has 5 rings (SSSR count). The number of aromatic nitrogens is 7. The first-order valence-corrected chi connectivity index (χ1v) is 11.0. The van der Waals surface area contributed by atoms with Gasteiger partial charge in [0.2, 0.25) is 0 Å². The number of nitrogens with one attached hydrogen (secondary N) is 1. The number of aryl methyl sites for hydroxylation is 1. The summed E-state index contributed by atoms with van der Waals surface area (Å²) in [5.41, 5.74) is 3.11. The number of hydrogen-bond donors (Lipinski definition) is 1. The summed E-state index contributed by atoms with van der Waals surface area (Å²) >= 11 is 3.53. The maximum atomic E-state index is 13.9. The first-order valence-electron chi connectivity index (χ1n) is 10.2. The third-order valence-corrected chi connectivity index (χ3v) is 5.64. The van der Waals surface area contributed by atoms with Crippen molar-refractivity contribution in [1.82, 2.24) is 34.2 Å². The lowest BCUT2D eigenvalue weighted by Crippen LogP contribution is -2.12. The first kappa shape index (κ1) is 21.0. The van der Waals surface area contributed by atoms with E-state index in [1.165, 1.54) is 12.3 Å². The number of benzene rings is 1. The van der Waals surface area contributed by atoms with Gasteiger partial charge >= 0.3 is 0 Å². The van der Waals surface area contributed by atoms with Crippen LogP contribution in [-0.4, -0.2) is 40.1 Å². The van der Waals surface area contributed by atoms with E-state index in [0.29, 0.717) is 28.3 Å². The third-order valence-electron chi connectivity index (χ3n) is 5.06. The number of carbonyl (C=O) groups excluding carboxylic acids is 1. The summed E-state index contributed by atoms with van der Waals surface area (Å²) in [5, 5.41) is 16.0. The van der Waals surface area contributed by atoms with Gasteiger partial charge in [-0.1, -0.05) is 18.2 Å². The summed E-state index contributed by atoms with van der Waals surface area (Å²) in [6.45, 7) is 2.98. The number of nitrogens with zero attached hydrogens (tertiary/aromatic N) is 7. The van der Waals surface area contributed by atoms with Gasteiger partial charge in [-0.2, -0.15) is 15.3 Å².